The summed E-state index contributed by atoms with van der Waals surface area (Å²) in [7, 11) is 3.98. The molecule has 1 aliphatic rings. The first-order chi connectivity index (χ1) is 8.18. The van der Waals surface area contributed by atoms with Crippen LogP contribution in [0.15, 0.2) is 22.8 Å². The molecule has 1 saturated carbocycles. The van der Waals surface area contributed by atoms with E-state index >= 15 is 0 Å². The van der Waals surface area contributed by atoms with Crippen LogP contribution in [0.2, 0.25) is 0 Å². The lowest BCUT2D eigenvalue weighted by Crippen LogP contribution is -2.39. The summed E-state index contributed by atoms with van der Waals surface area (Å²) < 4.78 is 5.40. The highest BCUT2D eigenvalue weighted by Gasteiger charge is 2.26. The second-order valence-corrected chi connectivity index (χ2v) is 4.87. The van der Waals surface area contributed by atoms with E-state index in [9.17, 15) is 4.79 Å². The van der Waals surface area contributed by atoms with Gasteiger partial charge in [0.15, 0.2) is 0 Å². The van der Waals surface area contributed by atoms with Gasteiger partial charge < -0.3 is 9.73 Å². The molecule has 1 aromatic heterocycles. The molecular weight excluding hydrogens is 216 g/mol. The van der Waals surface area contributed by atoms with Crippen molar-refractivity contribution in [3.05, 3.63) is 24.2 Å². The fourth-order valence-electron chi connectivity index (χ4n) is 2.03. The molecule has 1 aliphatic carbocycles. The zero-order valence-corrected chi connectivity index (χ0v) is 10.5. The SMILES string of the molecule is CN(C)[C@@H](CNC(=O)C1CCC1)c1ccco1. The van der Waals surface area contributed by atoms with Crippen LogP contribution in [-0.2, 0) is 4.79 Å². The maximum atomic E-state index is 11.8. The molecule has 1 aromatic rings. The molecule has 2 rings (SSSR count). The molecule has 0 radical (unpaired) electrons. The van der Waals surface area contributed by atoms with Crippen molar-refractivity contribution in [3.8, 4) is 0 Å². The monoisotopic (exact) mass is 236 g/mol. The largest absolute Gasteiger partial charge is 0.468 e. The van der Waals surface area contributed by atoms with E-state index in [0.717, 1.165) is 18.6 Å². The van der Waals surface area contributed by atoms with E-state index in [-0.39, 0.29) is 17.9 Å². The molecule has 4 heteroatoms. The predicted octanol–water partition coefficient (Wildman–Crippen LogP) is 1.80. The summed E-state index contributed by atoms with van der Waals surface area (Å²) in [4.78, 5) is 13.8. The zero-order valence-electron chi connectivity index (χ0n) is 10.5. The highest BCUT2D eigenvalue weighted by molar-refractivity contribution is 5.79. The molecule has 1 atom stereocenters. The standard InChI is InChI=1S/C13H20N2O2/c1-15(2)11(12-7-4-8-17-12)9-14-13(16)10-5-3-6-10/h4,7-8,10-11H,3,5-6,9H2,1-2H3,(H,14,16)/t11-/m0/s1. The molecule has 0 aromatic carbocycles. The summed E-state index contributed by atoms with van der Waals surface area (Å²) in [6.07, 6.45) is 4.94. The topological polar surface area (TPSA) is 45.5 Å². The van der Waals surface area contributed by atoms with E-state index < -0.39 is 0 Å². The minimum absolute atomic E-state index is 0.106. The van der Waals surface area contributed by atoms with Crippen LogP contribution in [0, 0.1) is 5.92 Å². The van der Waals surface area contributed by atoms with Gasteiger partial charge in [-0.3, -0.25) is 9.69 Å². The van der Waals surface area contributed by atoms with E-state index in [1.165, 1.54) is 6.42 Å². The summed E-state index contributed by atoms with van der Waals surface area (Å²) in [5.74, 6) is 1.33. The second kappa shape index (κ2) is 5.36. The van der Waals surface area contributed by atoms with Crippen LogP contribution in [0.3, 0.4) is 0 Å². The van der Waals surface area contributed by atoms with Crippen LogP contribution in [0.25, 0.3) is 0 Å². The average Bonchev–Trinajstić information content (AvgIpc) is 2.67. The van der Waals surface area contributed by atoms with E-state index in [0.29, 0.717) is 6.54 Å². The summed E-state index contributed by atoms with van der Waals surface area (Å²) in [6.45, 7) is 0.607. The molecule has 1 amide bonds. The van der Waals surface area contributed by atoms with Gasteiger partial charge in [0, 0.05) is 12.5 Å². The van der Waals surface area contributed by atoms with Crippen molar-refractivity contribution >= 4 is 5.91 Å². The maximum Gasteiger partial charge on any atom is 0.223 e. The van der Waals surface area contributed by atoms with Crippen molar-refractivity contribution < 1.29 is 9.21 Å². The van der Waals surface area contributed by atoms with Crippen molar-refractivity contribution in [1.29, 1.82) is 0 Å². The van der Waals surface area contributed by atoms with Crippen molar-refractivity contribution in [2.75, 3.05) is 20.6 Å². The fourth-order valence-corrected chi connectivity index (χ4v) is 2.03. The molecule has 0 unspecified atom stereocenters. The lowest BCUT2D eigenvalue weighted by atomic mass is 9.85. The Kier molecular flexibility index (Phi) is 3.84. The molecule has 17 heavy (non-hydrogen) atoms. The molecule has 1 fully saturated rings. The third kappa shape index (κ3) is 2.88. The average molecular weight is 236 g/mol. The first kappa shape index (κ1) is 12.2. The molecule has 0 bridgehead atoms. The number of nitrogens with zero attached hydrogens (tertiary/aromatic N) is 1. The molecule has 1 heterocycles. The Bertz CT molecular complexity index is 356. The van der Waals surface area contributed by atoms with Crippen LogP contribution < -0.4 is 5.32 Å². The highest BCUT2D eigenvalue weighted by Crippen LogP contribution is 2.26. The third-order valence-corrected chi connectivity index (χ3v) is 3.44. The number of rotatable bonds is 5. The van der Waals surface area contributed by atoms with Crippen LogP contribution in [0.4, 0.5) is 0 Å². The lowest BCUT2D eigenvalue weighted by molar-refractivity contribution is -0.127. The van der Waals surface area contributed by atoms with E-state index in [4.69, 9.17) is 4.42 Å². The second-order valence-electron chi connectivity index (χ2n) is 4.87. The van der Waals surface area contributed by atoms with Gasteiger partial charge in [-0.15, -0.1) is 0 Å². The van der Waals surface area contributed by atoms with Gasteiger partial charge in [-0.25, -0.2) is 0 Å². The van der Waals surface area contributed by atoms with Gasteiger partial charge in [-0.2, -0.15) is 0 Å². The molecule has 4 nitrogen and oxygen atoms in total. The zero-order chi connectivity index (χ0) is 12.3. The molecule has 0 aliphatic heterocycles. The van der Waals surface area contributed by atoms with Crippen molar-refractivity contribution in [2.24, 2.45) is 5.92 Å². The van der Waals surface area contributed by atoms with Crippen molar-refractivity contribution in [1.82, 2.24) is 10.2 Å². The van der Waals surface area contributed by atoms with Crippen LogP contribution in [0.5, 0.6) is 0 Å². The Balaban J connectivity index is 1.88. The number of carbonyl (C=O) groups is 1. The number of hydrogen-bond donors (Lipinski definition) is 1. The number of nitrogens with one attached hydrogen (secondary N) is 1. The van der Waals surface area contributed by atoms with E-state index in [1.54, 1.807) is 6.26 Å². The number of likely N-dealkylation sites (N-methyl/N-ethyl adjacent to an activating group) is 1. The Morgan fingerprint density at radius 3 is 2.82 bits per heavy atom. The Morgan fingerprint density at radius 1 is 1.59 bits per heavy atom. The molecule has 0 saturated heterocycles. The minimum Gasteiger partial charge on any atom is -0.468 e. The van der Waals surface area contributed by atoms with Crippen LogP contribution >= 0.6 is 0 Å². The van der Waals surface area contributed by atoms with E-state index in [2.05, 4.69) is 10.2 Å². The smallest absolute Gasteiger partial charge is 0.223 e. The van der Waals surface area contributed by atoms with Crippen LogP contribution in [-0.4, -0.2) is 31.4 Å². The van der Waals surface area contributed by atoms with Gasteiger partial charge in [0.2, 0.25) is 5.91 Å². The highest BCUT2D eigenvalue weighted by atomic mass is 16.3. The lowest BCUT2D eigenvalue weighted by Gasteiger charge is -2.27. The summed E-state index contributed by atoms with van der Waals surface area (Å²) >= 11 is 0. The first-order valence-corrected chi connectivity index (χ1v) is 6.16. The van der Waals surface area contributed by atoms with Gasteiger partial charge in [0.1, 0.15) is 5.76 Å². The Hall–Kier alpha value is -1.29. The number of furan rings is 1. The van der Waals surface area contributed by atoms with E-state index in [1.807, 2.05) is 26.2 Å². The number of hydrogen-bond acceptors (Lipinski definition) is 3. The quantitative estimate of drug-likeness (QED) is 0.848. The molecule has 0 spiro atoms. The first-order valence-electron chi connectivity index (χ1n) is 6.16. The maximum absolute atomic E-state index is 11.8. The van der Waals surface area contributed by atoms with Crippen molar-refractivity contribution in [2.45, 2.75) is 25.3 Å². The third-order valence-electron chi connectivity index (χ3n) is 3.44. The molecule has 94 valence electrons. The van der Waals surface area contributed by atoms with Gasteiger partial charge in [-0.05, 0) is 39.1 Å². The van der Waals surface area contributed by atoms with Gasteiger partial charge in [-0.1, -0.05) is 6.42 Å². The van der Waals surface area contributed by atoms with Crippen molar-refractivity contribution in [3.63, 3.8) is 0 Å². The molecular formula is C13H20N2O2. The minimum atomic E-state index is 0.106. The summed E-state index contributed by atoms with van der Waals surface area (Å²) in [5, 5.41) is 3.01. The Labute approximate surface area is 102 Å². The number of carbonyl (C=O) groups excluding carboxylic acids is 1. The van der Waals surface area contributed by atoms with Gasteiger partial charge >= 0.3 is 0 Å². The van der Waals surface area contributed by atoms with Gasteiger partial charge in [0.05, 0.1) is 12.3 Å². The molecule has 1 N–H and O–H groups in total. The predicted molar refractivity (Wildman–Crippen MR) is 65.5 cm³/mol. The normalized spacial score (nSPS) is 17.8. The fraction of sp³-hybridized carbons (Fsp3) is 0.615. The Morgan fingerprint density at radius 2 is 2.35 bits per heavy atom. The summed E-state index contributed by atoms with van der Waals surface area (Å²) in [6, 6.07) is 3.92. The number of amides is 1. The van der Waals surface area contributed by atoms with Crippen LogP contribution in [0.1, 0.15) is 31.1 Å². The van der Waals surface area contributed by atoms with Gasteiger partial charge in [0.25, 0.3) is 0 Å². The summed E-state index contributed by atoms with van der Waals surface area (Å²) in [5.41, 5.74) is 0.